The summed E-state index contributed by atoms with van der Waals surface area (Å²) in [7, 11) is 2.00. The minimum atomic E-state index is 0.457. The van der Waals surface area contributed by atoms with Gasteiger partial charge in [0.1, 0.15) is 0 Å². The summed E-state index contributed by atoms with van der Waals surface area (Å²) in [6, 6.07) is 0.480. The summed E-state index contributed by atoms with van der Waals surface area (Å²) in [6.45, 7) is 5.56. The third-order valence-corrected chi connectivity index (χ3v) is 4.38. The van der Waals surface area contributed by atoms with Gasteiger partial charge in [-0.1, -0.05) is 26.7 Å². The van der Waals surface area contributed by atoms with E-state index < -0.39 is 0 Å². The van der Waals surface area contributed by atoms with Crippen molar-refractivity contribution in [1.82, 2.24) is 15.1 Å². The van der Waals surface area contributed by atoms with Gasteiger partial charge in [-0.05, 0) is 31.2 Å². The number of aromatic nitrogens is 2. The van der Waals surface area contributed by atoms with Crippen LogP contribution in [-0.2, 0) is 7.05 Å². The summed E-state index contributed by atoms with van der Waals surface area (Å²) in [5.74, 6) is 0. The Morgan fingerprint density at radius 3 is 2.59 bits per heavy atom. The van der Waals surface area contributed by atoms with Gasteiger partial charge >= 0.3 is 0 Å². The fraction of sp³-hybridized carbons (Fsp3) is 0.786. The fourth-order valence-corrected chi connectivity index (χ4v) is 3.41. The van der Waals surface area contributed by atoms with Crippen LogP contribution in [0.3, 0.4) is 0 Å². The van der Waals surface area contributed by atoms with Crippen LogP contribution in [0.1, 0.15) is 57.6 Å². The fourth-order valence-electron chi connectivity index (χ4n) is 3.41. The zero-order valence-electron chi connectivity index (χ0n) is 11.4. The molecule has 3 heteroatoms. The van der Waals surface area contributed by atoms with Crippen molar-refractivity contribution in [3.8, 4) is 0 Å². The van der Waals surface area contributed by atoms with E-state index >= 15 is 0 Å². The zero-order chi connectivity index (χ0) is 12.3. The summed E-state index contributed by atoms with van der Waals surface area (Å²) in [6.07, 6.45) is 10.9. The molecule has 1 unspecified atom stereocenters. The first-order valence-corrected chi connectivity index (χ1v) is 6.94. The second kappa shape index (κ2) is 5.21. The summed E-state index contributed by atoms with van der Waals surface area (Å²) in [5.41, 5.74) is 1.82. The third-order valence-electron chi connectivity index (χ3n) is 4.38. The molecule has 1 aromatic heterocycles. The van der Waals surface area contributed by atoms with Gasteiger partial charge < -0.3 is 5.32 Å². The van der Waals surface area contributed by atoms with Crippen molar-refractivity contribution in [2.45, 2.75) is 52.0 Å². The Balaban J connectivity index is 2.27. The highest BCUT2D eigenvalue weighted by Crippen LogP contribution is 2.49. The van der Waals surface area contributed by atoms with Crippen molar-refractivity contribution in [3.63, 3.8) is 0 Å². The molecule has 1 saturated carbocycles. The maximum atomic E-state index is 4.33. The second-order valence-electron chi connectivity index (χ2n) is 5.36. The molecule has 0 aliphatic heterocycles. The number of hydrogen-bond donors (Lipinski definition) is 1. The molecule has 0 spiro atoms. The molecule has 17 heavy (non-hydrogen) atoms. The lowest BCUT2D eigenvalue weighted by Gasteiger charge is -2.37. The number of rotatable bonds is 5. The van der Waals surface area contributed by atoms with Gasteiger partial charge in [0, 0.05) is 24.8 Å². The lowest BCUT2D eigenvalue weighted by atomic mass is 9.74. The highest BCUT2D eigenvalue weighted by Gasteiger charge is 2.40. The maximum absolute atomic E-state index is 4.33. The van der Waals surface area contributed by atoms with Crippen molar-refractivity contribution in [1.29, 1.82) is 0 Å². The van der Waals surface area contributed by atoms with E-state index in [1.165, 1.54) is 37.7 Å². The van der Waals surface area contributed by atoms with Crippen LogP contribution < -0.4 is 5.32 Å². The monoisotopic (exact) mass is 235 g/mol. The molecule has 2 rings (SSSR count). The normalized spacial score (nSPS) is 20.6. The lowest BCUT2D eigenvalue weighted by molar-refractivity contribution is 0.189. The van der Waals surface area contributed by atoms with Gasteiger partial charge in [0.2, 0.25) is 0 Å². The molecule has 1 aliphatic carbocycles. The molecule has 1 fully saturated rings. The Morgan fingerprint density at radius 2 is 2.12 bits per heavy atom. The predicted molar refractivity (Wildman–Crippen MR) is 70.8 cm³/mol. The molecule has 0 aromatic carbocycles. The Hall–Kier alpha value is -0.830. The second-order valence-corrected chi connectivity index (χ2v) is 5.36. The molecular formula is C14H25N3. The van der Waals surface area contributed by atoms with Crippen molar-refractivity contribution in [2.75, 3.05) is 6.54 Å². The minimum Gasteiger partial charge on any atom is -0.310 e. The molecule has 1 N–H and O–H groups in total. The van der Waals surface area contributed by atoms with Crippen LogP contribution in [0.25, 0.3) is 0 Å². The van der Waals surface area contributed by atoms with Gasteiger partial charge in [-0.2, -0.15) is 5.10 Å². The Kier molecular flexibility index (Phi) is 3.87. The van der Waals surface area contributed by atoms with E-state index in [0.29, 0.717) is 11.5 Å². The van der Waals surface area contributed by atoms with Gasteiger partial charge in [-0.15, -0.1) is 0 Å². The van der Waals surface area contributed by atoms with Crippen molar-refractivity contribution in [3.05, 3.63) is 18.0 Å². The van der Waals surface area contributed by atoms with Crippen LogP contribution in [0.4, 0.5) is 0 Å². The lowest BCUT2D eigenvalue weighted by Crippen LogP contribution is -2.36. The van der Waals surface area contributed by atoms with Crippen LogP contribution in [0.15, 0.2) is 12.4 Å². The first-order chi connectivity index (χ1) is 8.22. The first-order valence-electron chi connectivity index (χ1n) is 6.94. The molecule has 1 aromatic rings. The standard InChI is InChI=1S/C14H25N3/c1-4-14(8-6-7-9-14)13(15-5-2)12-10-16-17(3)11-12/h10-11,13,15H,4-9H2,1-3H3. The van der Waals surface area contributed by atoms with E-state index in [4.69, 9.17) is 0 Å². The van der Waals surface area contributed by atoms with Gasteiger partial charge in [-0.25, -0.2) is 0 Å². The van der Waals surface area contributed by atoms with Crippen molar-refractivity contribution in [2.24, 2.45) is 12.5 Å². The Labute approximate surface area is 105 Å². The average Bonchev–Trinajstić information content (AvgIpc) is 2.95. The number of hydrogen-bond acceptors (Lipinski definition) is 2. The molecule has 0 amide bonds. The molecule has 1 heterocycles. The van der Waals surface area contributed by atoms with E-state index in [1.807, 2.05) is 17.9 Å². The van der Waals surface area contributed by atoms with E-state index in [-0.39, 0.29) is 0 Å². The Bertz CT molecular complexity index is 350. The van der Waals surface area contributed by atoms with Gasteiger partial charge in [0.05, 0.1) is 6.20 Å². The molecule has 0 bridgehead atoms. The van der Waals surface area contributed by atoms with E-state index in [1.54, 1.807) is 0 Å². The van der Waals surface area contributed by atoms with Crippen LogP contribution in [0, 0.1) is 5.41 Å². The summed E-state index contributed by atoms with van der Waals surface area (Å²) >= 11 is 0. The highest BCUT2D eigenvalue weighted by molar-refractivity contribution is 5.16. The van der Waals surface area contributed by atoms with E-state index in [9.17, 15) is 0 Å². The summed E-state index contributed by atoms with van der Waals surface area (Å²) < 4.78 is 1.91. The highest BCUT2D eigenvalue weighted by atomic mass is 15.2. The summed E-state index contributed by atoms with van der Waals surface area (Å²) in [4.78, 5) is 0. The van der Waals surface area contributed by atoms with Crippen LogP contribution in [-0.4, -0.2) is 16.3 Å². The van der Waals surface area contributed by atoms with E-state index in [0.717, 1.165) is 6.54 Å². The third kappa shape index (κ3) is 2.39. The summed E-state index contributed by atoms with van der Waals surface area (Å²) in [5, 5.41) is 8.03. The number of nitrogens with one attached hydrogen (secondary N) is 1. The molecule has 0 saturated heterocycles. The molecule has 96 valence electrons. The Morgan fingerprint density at radius 1 is 1.41 bits per heavy atom. The van der Waals surface area contributed by atoms with E-state index in [2.05, 4.69) is 30.5 Å². The molecular weight excluding hydrogens is 210 g/mol. The van der Waals surface area contributed by atoms with Gasteiger partial charge in [-0.3, -0.25) is 4.68 Å². The van der Waals surface area contributed by atoms with Gasteiger partial charge in [0.25, 0.3) is 0 Å². The van der Waals surface area contributed by atoms with Crippen LogP contribution in [0.5, 0.6) is 0 Å². The first kappa shape index (κ1) is 12.6. The topological polar surface area (TPSA) is 29.9 Å². The molecule has 1 atom stereocenters. The van der Waals surface area contributed by atoms with Gasteiger partial charge in [0.15, 0.2) is 0 Å². The quantitative estimate of drug-likeness (QED) is 0.850. The predicted octanol–water partition coefficient (Wildman–Crippen LogP) is 3.04. The maximum Gasteiger partial charge on any atom is 0.0537 e. The average molecular weight is 235 g/mol. The molecule has 1 aliphatic rings. The van der Waals surface area contributed by atoms with Crippen LogP contribution >= 0.6 is 0 Å². The van der Waals surface area contributed by atoms with Crippen molar-refractivity contribution < 1.29 is 0 Å². The minimum absolute atomic E-state index is 0.457. The number of aryl methyl sites for hydroxylation is 1. The molecule has 0 radical (unpaired) electrons. The van der Waals surface area contributed by atoms with Crippen LogP contribution in [0.2, 0.25) is 0 Å². The SMILES string of the molecule is CCNC(c1cnn(C)c1)C1(CC)CCCC1. The zero-order valence-corrected chi connectivity index (χ0v) is 11.4. The van der Waals surface area contributed by atoms with Crippen molar-refractivity contribution >= 4 is 0 Å². The number of nitrogens with zero attached hydrogens (tertiary/aromatic N) is 2. The molecule has 3 nitrogen and oxygen atoms in total. The largest absolute Gasteiger partial charge is 0.310 e. The smallest absolute Gasteiger partial charge is 0.0537 e.